The van der Waals surface area contributed by atoms with Crippen LogP contribution in [0, 0.1) is 0 Å². The van der Waals surface area contributed by atoms with Gasteiger partial charge >= 0.3 is 0 Å². The quantitative estimate of drug-likeness (QED) is 0.833. The van der Waals surface area contributed by atoms with E-state index in [0.717, 1.165) is 11.3 Å². The van der Waals surface area contributed by atoms with Gasteiger partial charge in [-0.2, -0.15) is 0 Å². The van der Waals surface area contributed by atoms with E-state index < -0.39 is 6.04 Å². The molecule has 20 heavy (non-hydrogen) atoms. The molecule has 0 spiro atoms. The average molecular weight is 278 g/mol. The van der Waals surface area contributed by atoms with Crippen LogP contribution in [0.2, 0.25) is 0 Å². The fourth-order valence-electron chi connectivity index (χ4n) is 1.81. The molecule has 0 radical (unpaired) electrons. The van der Waals surface area contributed by atoms with Crippen LogP contribution < -0.4 is 15.4 Å². The summed E-state index contributed by atoms with van der Waals surface area (Å²) < 4.78 is 5.37. The molecule has 2 N–H and O–H groups in total. The molecule has 0 aliphatic carbocycles. The molecule has 2 amide bonds. The molecule has 5 nitrogen and oxygen atoms in total. The number of hydrogen-bond donors (Lipinski definition) is 2. The number of nitrogens with one attached hydrogen (secondary N) is 2. The normalized spacial score (nSPS) is 13.2. The number of hydrogen-bond acceptors (Lipinski definition) is 3. The molecule has 1 aromatic carbocycles. The van der Waals surface area contributed by atoms with Crippen molar-refractivity contribution >= 4 is 11.8 Å². The Hall–Kier alpha value is -2.04. The van der Waals surface area contributed by atoms with Gasteiger partial charge in [-0.05, 0) is 38.5 Å². The molecule has 0 bridgehead atoms. The Bertz CT molecular complexity index is 457. The smallest absolute Gasteiger partial charge is 0.242 e. The number of rotatable bonds is 6. The summed E-state index contributed by atoms with van der Waals surface area (Å²) >= 11 is 0. The Labute approximate surface area is 119 Å². The largest absolute Gasteiger partial charge is 0.494 e. The highest BCUT2D eigenvalue weighted by atomic mass is 16.5. The highest BCUT2D eigenvalue weighted by molar-refractivity contribution is 5.86. The molecular formula is C15H22N2O3. The highest BCUT2D eigenvalue weighted by Crippen LogP contribution is 2.17. The van der Waals surface area contributed by atoms with E-state index in [2.05, 4.69) is 10.6 Å². The van der Waals surface area contributed by atoms with Gasteiger partial charge < -0.3 is 15.4 Å². The lowest BCUT2D eigenvalue weighted by Crippen LogP contribution is -2.44. The second-order valence-electron chi connectivity index (χ2n) is 4.65. The van der Waals surface area contributed by atoms with Gasteiger partial charge in [-0.3, -0.25) is 9.59 Å². The molecule has 0 saturated carbocycles. The van der Waals surface area contributed by atoms with E-state index in [-0.39, 0.29) is 17.9 Å². The third kappa shape index (κ3) is 4.91. The maximum absolute atomic E-state index is 11.9. The van der Waals surface area contributed by atoms with Crippen LogP contribution in [0.1, 0.15) is 39.3 Å². The van der Waals surface area contributed by atoms with Crippen molar-refractivity contribution in [3.05, 3.63) is 29.8 Å². The fraction of sp³-hybridized carbons (Fsp3) is 0.467. The Morgan fingerprint density at radius 1 is 1.15 bits per heavy atom. The predicted molar refractivity (Wildman–Crippen MR) is 77.4 cm³/mol. The van der Waals surface area contributed by atoms with Crippen molar-refractivity contribution in [1.29, 1.82) is 0 Å². The first-order valence-electron chi connectivity index (χ1n) is 6.74. The first-order valence-corrected chi connectivity index (χ1v) is 6.74. The summed E-state index contributed by atoms with van der Waals surface area (Å²) in [5.74, 6) is 0.379. The zero-order chi connectivity index (χ0) is 15.1. The summed E-state index contributed by atoms with van der Waals surface area (Å²) in [6, 6.07) is 6.90. The van der Waals surface area contributed by atoms with Gasteiger partial charge in [0.15, 0.2) is 0 Å². The van der Waals surface area contributed by atoms with Gasteiger partial charge in [-0.15, -0.1) is 0 Å². The summed E-state index contributed by atoms with van der Waals surface area (Å²) in [6.45, 7) is 7.50. The van der Waals surface area contributed by atoms with Crippen LogP contribution in [0.5, 0.6) is 5.75 Å². The Balaban J connectivity index is 2.59. The SMILES string of the molecule is CCOc1ccc([C@H](C)NC(=O)[C@H](C)NC(C)=O)cc1. The lowest BCUT2D eigenvalue weighted by Gasteiger charge is -2.18. The van der Waals surface area contributed by atoms with Crippen LogP contribution in [-0.2, 0) is 9.59 Å². The Morgan fingerprint density at radius 2 is 1.75 bits per heavy atom. The molecule has 0 unspecified atom stereocenters. The van der Waals surface area contributed by atoms with Gasteiger partial charge in [0.05, 0.1) is 12.6 Å². The third-order valence-corrected chi connectivity index (χ3v) is 2.86. The monoisotopic (exact) mass is 278 g/mol. The molecule has 0 heterocycles. The van der Waals surface area contributed by atoms with Crippen molar-refractivity contribution in [3.8, 4) is 5.75 Å². The summed E-state index contributed by atoms with van der Waals surface area (Å²) in [7, 11) is 0. The van der Waals surface area contributed by atoms with E-state index in [1.807, 2.05) is 38.1 Å². The minimum Gasteiger partial charge on any atom is -0.494 e. The van der Waals surface area contributed by atoms with E-state index >= 15 is 0 Å². The molecule has 1 aromatic rings. The molecular weight excluding hydrogens is 256 g/mol. The van der Waals surface area contributed by atoms with Crippen molar-refractivity contribution in [2.75, 3.05) is 6.61 Å². The fourth-order valence-corrected chi connectivity index (χ4v) is 1.81. The second-order valence-corrected chi connectivity index (χ2v) is 4.65. The minimum absolute atomic E-state index is 0.130. The first kappa shape index (κ1) is 16.0. The standard InChI is InChI=1S/C15H22N2O3/c1-5-20-14-8-6-13(7-9-14)10(2)17-15(19)11(3)16-12(4)18/h6-11H,5H2,1-4H3,(H,16,18)(H,17,19)/t10-,11-/m0/s1. The van der Waals surface area contributed by atoms with Crippen molar-refractivity contribution in [2.24, 2.45) is 0 Å². The minimum atomic E-state index is -0.544. The topological polar surface area (TPSA) is 67.4 Å². The van der Waals surface area contributed by atoms with E-state index in [1.165, 1.54) is 6.92 Å². The second kappa shape index (κ2) is 7.53. The van der Waals surface area contributed by atoms with E-state index in [9.17, 15) is 9.59 Å². The van der Waals surface area contributed by atoms with Crippen molar-refractivity contribution in [2.45, 2.75) is 39.8 Å². The third-order valence-electron chi connectivity index (χ3n) is 2.86. The van der Waals surface area contributed by atoms with Crippen LogP contribution in [0.15, 0.2) is 24.3 Å². The molecule has 5 heteroatoms. The molecule has 0 aromatic heterocycles. The lowest BCUT2D eigenvalue weighted by molar-refractivity contribution is -0.128. The summed E-state index contributed by atoms with van der Waals surface area (Å²) in [5.41, 5.74) is 0.983. The van der Waals surface area contributed by atoms with Gasteiger partial charge in [-0.25, -0.2) is 0 Å². The predicted octanol–water partition coefficient (Wildman–Crippen LogP) is 1.79. The summed E-state index contributed by atoms with van der Waals surface area (Å²) in [6.07, 6.45) is 0. The van der Waals surface area contributed by atoms with Crippen LogP contribution in [-0.4, -0.2) is 24.5 Å². The molecule has 110 valence electrons. The number of amides is 2. The zero-order valence-electron chi connectivity index (χ0n) is 12.4. The maximum Gasteiger partial charge on any atom is 0.242 e. The van der Waals surface area contributed by atoms with E-state index in [0.29, 0.717) is 6.61 Å². The van der Waals surface area contributed by atoms with Crippen LogP contribution >= 0.6 is 0 Å². The van der Waals surface area contributed by atoms with Crippen LogP contribution in [0.25, 0.3) is 0 Å². The van der Waals surface area contributed by atoms with Gasteiger partial charge in [0.2, 0.25) is 11.8 Å². The molecule has 1 rings (SSSR count). The molecule has 2 atom stereocenters. The number of ether oxygens (including phenoxy) is 1. The Kier molecular flexibility index (Phi) is 6.03. The summed E-state index contributed by atoms with van der Waals surface area (Å²) in [4.78, 5) is 22.8. The van der Waals surface area contributed by atoms with Crippen LogP contribution in [0.4, 0.5) is 0 Å². The highest BCUT2D eigenvalue weighted by Gasteiger charge is 2.16. The van der Waals surface area contributed by atoms with Crippen molar-refractivity contribution < 1.29 is 14.3 Å². The average Bonchev–Trinajstić information content (AvgIpc) is 2.39. The maximum atomic E-state index is 11.9. The summed E-state index contributed by atoms with van der Waals surface area (Å²) in [5, 5.41) is 5.41. The number of benzene rings is 1. The first-order chi connectivity index (χ1) is 9.43. The van der Waals surface area contributed by atoms with E-state index in [4.69, 9.17) is 4.74 Å². The zero-order valence-corrected chi connectivity index (χ0v) is 12.4. The Morgan fingerprint density at radius 3 is 2.25 bits per heavy atom. The van der Waals surface area contributed by atoms with Gasteiger partial charge in [-0.1, -0.05) is 12.1 Å². The van der Waals surface area contributed by atoms with Crippen LogP contribution in [0.3, 0.4) is 0 Å². The molecule has 0 saturated heterocycles. The van der Waals surface area contributed by atoms with Gasteiger partial charge in [0.25, 0.3) is 0 Å². The number of carbonyl (C=O) groups excluding carboxylic acids is 2. The lowest BCUT2D eigenvalue weighted by atomic mass is 10.1. The van der Waals surface area contributed by atoms with Gasteiger partial charge in [0, 0.05) is 6.92 Å². The van der Waals surface area contributed by atoms with Gasteiger partial charge in [0.1, 0.15) is 11.8 Å². The number of carbonyl (C=O) groups is 2. The molecule has 0 aliphatic rings. The van der Waals surface area contributed by atoms with Crippen molar-refractivity contribution in [1.82, 2.24) is 10.6 Å². The molecule has 0 aliphatic heterocycles. The van der Waals surface area contributed by atoms with Crippen molar-refractivity contribution in [3.63, 3.8) is 0 Å². The van der Waals surface area contributed by atoms with E-state index in [1.54, 1.807) is 6.92 Å². The molecule has 0 fully saturated rings.